The minimum absolute atomic E-state index is 0.00387. The third-order valence-electron chi connectivity index (χ3n) is 4.97. The highest BCUT2D eigenvalue weighted by Gasteiger charge is 2.14. The van der Waals surface area contributed by atoms with Crippen LogP contribution < -0.4 is 16.2 Å². The van der Waals surface area contributed by atoms with Gasteiger partial charge in [0.1, 0.15) is 5.69 Å². The number of H-pyrrole nitrogens is 1. The van der Waals surface area contributed by atoms with Gasteiger partial charge in [0.05, 0.1) is 16.8 Å². The molecule has 8 nitrogen and oxygen atoms in total. The van der Waals surface area contributed by atoms with E-state index in [9.17, 15) is 13.2 Å². The summed E-state index contributed by atoms with van der Waals surface area (Å²) >= 11 is 0. The molecule has 0 atom stereocenters. The molecule has 3 aromatic carbocycles. The number of aromatic nitrogens is 2. The molecule has 0 aliphatic heterocycles. The highest BCUT2D eigenvalue weighted by atomic mass is 32.2. The summed E-state index contributed by atoms with van der Waals surface area (Å²) in [6, 6.07) is 19.2. The van der Waals surface area contributed by atoms with Crippen LogP contribution in [-0.2, 0) is 27.8 Å². The van der Waals surface area contributed by atoms with E-state index in [2.05, 4.69) is 15.5 Å². The number of fused-ring (bicyclic) bond motifs is 1. The van der Waals surface area contributed by atoms with Gasteiger partial charge in [0.15, 0.2) is 0 Å². The molecule has 0 saturated carbocycles. The van der Waals surface area contributed by atoms with Gasteiger partial charge in [0.2, 0.25) is 15.9 Å². The fourth-order valence-electron chi connectivity index (χ4n) is 3.44. The number of carbonyl (C=O) groups is 1. The number of carbonyl (C=O) groups excluding carboxylic acids is 1. The Bertz CT molecular complexity index is 1380. The number of benzene rings is 3. The van der Waals surface area contributed by atoms with Crippen LogP contribution in [0.2, 0.25) is 0 Å². The lowest BCUT2D eigenvalue weighted by Gasteiger charge is -2.09. The number of nitrogens with zero attached hydrogens (tertiary/aromatic N) is 1. The molecule has 0 spiro atoms. The Morgan fingerprint density at radius 3 is 2.52 bits per heavy atom. The second-order valence-corrected chi connectivity index (χ2v) is 8.66. The summed E-state index contributed by atoms with van der Waals surface area (Å²) in [6.45, 7) is 0.366. The molecule has 0 aliphatic rings. The first-order valence-corrected chi connectivity index (χ1v) is 11.1. The van der Waals surface area contributed by atoms with Gasteiger partial charge in [-0.25, -0.2) is 13.6 Å². The molecule has 31 heavy (non-hydrogen) atoms. The van der Waals surface area contributed by atoms with Crippen LogP contribution in [0.3, 0.4) is 0 Å². The van der Waals surface area contributed by atoms with Crippen molar-refractivity contribution in [1.82, 2.24) is 10.2 Å². The van der Waals surface area contributed by atoms with Gasteiger partial charge in [0.25, 0.3) is 0 Å². The predicted octanol–water partition coefficient (Wildman–Crippen LogP) is 2.52. The van der Waals surface area contributed by atoms with Crippen molar-refractivity contribution in [2.45, 2.75) is 17.9 Å². The Balaban J connectivity index is 1.62. The van der Waals surface area contributed by atoms with E-state index in [1.165, 1.54) is 12.1 Å². The van der Waals surface area contributed by atoms with Crippen LogP contribution in [-0.4, -0.2) is 24.5 Å². The van der Waals surface area contributed by atoms with Crippen molar-refractivity contribution in [2.24, 2.45) is 10.9 Å². The van der Waals surface area contributed by atoms with Crippen molar-refractivity contribution in [3.8, 4) is 11.3 Å². The number of sulfonamides is 1. The van der Waals surface area contributed by atoms with Gasteiger partial charge in [-0.1, -0.05) is 36.4 Å². The van der Waals surface area contributed by atoms with Crippen molar-refractivity contribution in [2.75, 3.05) is 5.32 Å². The van der Waals surface area contributed by atoms with Gasteiger partial charge >= 0.3 is 0 Å². The molecule has 1 heterocycles. The fraction of sp³-hybridized carbons (Fsp3) is 0.0909. The number of amides is 1. The molecule has 0 fully saturated rings. The van der Waals surface area contributed by atoms with Crippen molar-refractivity contribution in [3.63, 3.8) is 0 Å². The summed E-state index contributed by atoms with van der Waals surface area (Å²) in [6.07, 6.45) is 0.208. The quantitative estimate of drug-likeness (QED) is 0.368. The highest BCUT2D eigenvalue weighted by Crippen LogP contribution is 2.29. The summed E-state index contributed by atoms with van der Waals surface area (Å²) in [5.74, 6) is -0.165. The van der Waals surface area contributed by atoms with Crippen LogP contribution in [0.5, 0.6) is 0 Å². The number of aromatic amines is 1. The van der Waals surface area contributed by atoms with Crippen LogP contribution in [0.15, 0.2) is 71.6 Å². The van der Waals surface area contributed by atoms with Gasteiger partial charge in [0, 0.05) is 23.2 Å². The van der Waals surface area contributed by atoms with E-state index < -0.39 is 10.0 Å². The van der Waals surface area contributed by atoms with Gasteiger partial charge in [-0.2, -0.15) is 5.10 Å². The second-order valence-electron chi connectivity index (χ2n) is 7.10. The summed E-state index contributed by atoms with van der Waals surface area (Å²) in [5, 5.41) is 16.1. The zero-order valence-electron chi connectivity index (χ0n) is 16.5. The Morgan fingerprint density at radius 1 is 1.00 bits per heavy atom. The summed E-state index contributed by atoms with van der Waals surface area (Å²) in [4.78, 5) is 12.6. The number of anilines is 1. The van der Waals surface area contributed by atoms with E-state index in [1.54, 1.807) is 30.3 Å². The maximum Gasteiger partial charge on any atom is 0.238 e. The lowest BCUT2D eigenvalue weighted by Crippen LogP contribution is -2.16. The van der Waals surface area contributed by atoms with Gasteiger partial charge in [-0.05, 0) is 41.5 Å². The van der Waals surface area contributed by atoms with E-state index in [0.29, 0.717) is 23.5 Å². The van der Waals surface area contributed by atoms with Gasteiger partial charge in [-0.15, -0.1) is 0 Å². The van der Waals surface area contributed by atoms with Gasteiger partial charge < -0.3 is 11.1 Å². The summed E-state index contributed by atoms with van der Waals surface area (Å²) in [7, 11) is -3.83. The smallest absolute Gasteiger partial charge is 0.238 e. The van der Waals surface area contributed by atoms with Crippen molar-refractivity contribution in [1.29, 1.82) is 0 Å². The zero-order chi connectivity index (χ0) is 22.0. The molecule has 0 aliphatic carbocycles. The minimum Gasteiger partial charge on any atom is -0.326 e. The van der Waals surface area contributed by atoms with Crippen molar-refractivity contribution >= 4 is 32.5 Å². The van der Waals surface area contributed by atoms with E-state index in [1.807, 2.05) is 24.3 Å². The topological polar surface area (TPSA) is 144 Å². The van der Waals surface area contributed by atoms with Crippen LogP contribution in [0, 0.1) is 0 Å². The Kier molecular flexibility index (Phi) is 5.55. The molecule has 6 N–H and O–H groups in total. The molecule has 158 valence electrons. The minimum atomic E-state index is -3.83. The Hall–Kier alpha value is -3.53. The average molecular weight is 436 g/mol. The normalized spacial score (nSPS) is 11.5. The highest BCUT2D eigenvalue weighted by molar-refractivity contribution is 7.89. The SMILES string of the molecule is NCc1ccccc1CC(=O)Nc1ccc2[nH]nc(-c3cccc(S(N)(=O)=O)c3)c2c1. The number of rotatable bonds is 6. The molecule has 0 bridgehead atoms. The average Bonchev–Trinajstić information content (AvgIpc) is 3.17. The maximum atomic E-state index is 12.6. The number of nitrogens with one attached hydrogen (secondary N) is 2. The van der Waals surface area contributed by atoms with Crippen LogP contribution >= 0.6 is 0 Å². The monoisotopic (exact) mass is 435 g/mol. The molecule has 0 radical (unpaired) electrons. The standard InChI is InChI=1S/C22H21N5O3S/c23-13-16-5-2-1-4-14(16)11-21(28)25-17-8-9-20-19(12-17)22(27-26-20)15-6-3-7-18(10-15)31(24,29)30/h1-10,12H,11,13,23H2,(H,25,28)(H,26,27)(H2,24,29,30). The van der Waals surface area contributed by atoms with Crippen LogP contribution in [0.1, 0.15) is 11.1 Å². The molecule has 9 heteroatoms. The van der Waals surface area contributed by atoms with E-state index in [4.69, 9.17) is 10.9 Å². The largest absolute Gasteiger partial charge is 0.326 e. The first kappa shape index (κ1) is 20.7. The lowest BCUT2D eigenvalue weighted by atomic mass is 10.0. The first-order valence-electron chi connectivity index (χ1n) is 9.53. The van der Waals surface area contributed by atoms with E-state index in [-0.39, 0.29) is 17.2 Å². The Labute approximate surface area is 179 Å². The number of hydrogen-bond donors (Lipinski definition) is 4. The lowest BCUT2D eigenvalue weighted by molar-refractivity contribution is -0.115. The molecule has 0 saturated heterocycles. The Morgan fingerprint density at radius 2 is 1.77 bits per heavy atom. The predicted molar refractivity (Wildman–Crippen MR) is 120 cm³/mol. The number of nitrogens with two attached hydrogens (primary N) is 2. The first-order chi connectivity index (χ1) is 14.8. The zero-order valence-corrected chi connectivity index (χ0v) is 17.3. The molecular formula is C22H21N5O3S. The molecule has 4 rings (SSSR count). The molecule has 1 amide bonds. The van der Waals surface area contributed by atoms with Crippen molar-refractivity contribution in [3.05, 3.63) is 77.9 Å². The fourth-order valence-corrected chi connectivity index (χ4v) is 4.00. The van der Waals surface area contributed by atoms with E-state index >= 15 is 0 Å². The van der Waals surface area contributed by atoms with Crippen molar-refractivity contribution < 1.29 is 13.2 Å². The molecule has 4 aromatic rings. The molecular weight excluding hydrogens is 414 g/mol. The number of primary sulfonamides is 1. The summed E-state index contributed by atoms with van der Waals surface area (Å²) in [5.41, 5.74) is 10.1. The van der Waals surface area contributed by atoms with Crippen LogP contribution in [0.4, 0.5) is 5.69 Å². The third-order valence-corrected chi connectivity index (χ3v) is 5.88. The summed E-state index contributed by atoms with van der Waals surface area (Å²) < 4.78 is 23.4. The van der Waals surface area contributed by atoms with E-state index in [0.717, 1.165) is 22.0 Å². The molecule has 0 unspecified atom stereocenters. The second kappa shape index (κ2) is 8.31. The molecule has 1 aromatic heterocycles. The van der Waals surface area contributed by atoms with Gasteiger partial charge in [-0.3, -0.25) is 9.89 Å². The number of hydrogen-bond acceptors (Lipinski definition) is 5. The van der Waals surface area contributed by atoms with Crippen LogP contribution in [0.25, 0.3) is 22.2 Å². The maximum absolute atomic E-state index is 12.6. The third kappa shape index (κ3) is 4.48.